The van der Waals surface area contributed by atoms with E-state index in [-0.39, 0.29) is 30.4 Å². The van der Waals surface area contributed by atoms with Crippen LogP contribution in [-0.4, -0.2) is 78.7 Å². The largest absolute Gasteiger partial charge is 0.489 e. The zero-order valence-corrected chi connectivity index (χ0v) is 27.6. The van der Waals surface area contributed by atoms with Gasteiger partial charge in [0.15, 0.2) is 0 Å². The maximum Gasteiger partial charge on any atom is 0.245 e. The minimum atomic E-state index is -1.09. The summed E-state index contributed by atoms with van der Waals surface area (Å²) < 4.78 is 6.48. The van der Waals surface area contributed by atoms with Crippen molar-refractivity contribution in [2.24, 2.45) is 5.92 Å². The van der Waals surface area contributed by atoms with Crippen molar-refractivity contribution in [3.8, 4) is 5.75 Å². The van der Waals surface area contributed by atoms with Gasteiger partial charge >= 0.3 is 0 Å². The second kappa shape index (κ2) is 17.0. The summed E-state index contributed by atoms with van der Waals surface area (Å²) in [4.78, 5) is 40.5. The molecule has 0 spiro atoms. The topological polar surface area (TPSA) is 120 Å². The molecular formula is C35H49ClN4O5. The van der Waals surface area contributed by atoms with Crippen LogP contribution in [0.1, 0.15) is 68.6 Å². The van der Waals surface area contributed by atoms with E-state index in [1.54, 1.807) is 7.05 Å². The van der Waals surface area contributed by atoms with Gasteiger partial charge in [-0.1, -0.05) is 66.8 Å². The molecule has 1 fully saturated rings. The van der Waals surface area contributed by atoms with Crippen LogP contribution in [0.4, 0.5) is 0 Å². The summed E-state index contributed by atoms with van der Waals surface area (Å²) in [6.45, 7) is 4.34. The number of amides is 3. The van der Waals surface area contributed by atoms with Crippen molar-refractivity contribution < 1.29 is 24.2 Å². The first-order valence-electron chi connectivity index (χ1n) is 16.4. The molecule has 2 heterocycles. The summed E-state index contributed by atoms with van der Waals surface area (Å²) in [6.07, 6.45) is 7.35. The van der Waals surface area contributed by atoms with Gasteiger partial charge in [-0.3, -0.25) is 14.4 Å². The molecular weight excluding hydrogens is 592 g/mol. The van der Waals surface area contributed by atoms with Gasteiger partial charge in [0.1, 0.15) is 17.9 Å². The van der Waals surface area contributed by atoms with Gasteiger partial charge in [-0.25, -0.2) is 0 Å². The Morgan fingerprint density at radius 3 is 2.29 bits per heavy atom. The number of hydrogen-bond donors (Lipinski definition) is 4. The number of carbonyl (C=O) groups excluding carboxylic acids is 3. The number of hydrogen-bond acceptors (Lipinski definition) is 6. The van der Waals surface area contributed by atoms with Crippen molar-refractivity contribution in [3.63, 3.8) is 0 Å². The lowest BCUT2D eigenvalue weighted by molar-refractivity contribution is -0.145. The SMILES string of the molecule is CC(O)C1C(=O)NCC(=O)NCCCc2cccc3c2OC(CC3)CNC(C2CCCCC2)C(=O)N1C.Cc1ccc(Cl)cc1. The van der Waals surface area contributed by atoms with E-state index in [1.807, 2.05) is 31.2 Å². The standard InChI is InChI=1S/C28H42N4O5.C7H7Cl/c1-18(33)25-27(35)31-17-23(34)29-15-7-12-20-10-6-11-21-13-14-22(37-26(20)21)16-30-24(28(36)32(25)2)19-8-4-3-5-9-19;1-6-2-4-7(8)5-3-6/h6,10-11,18-19,22,24-25,30,33H,3-5,7-9,12-17H2,1-2H3,(H,29,34)(H,31,35);2-5H,1H3. The summed E-state index contributed by atoms with van der Waals surface area (Å²) >= 11 is 5.61. The Morgan fingerprint density at radius 2 is 1.62 bits per heavy atom. The van der Waals surface area contributed by atoms with Gasteiger partial charge in [-0.2, -0.15) is 0 Å². The van der Waals surface area contributed by atoms with E-state index < -0.39 is 24.1 Å². The quantitative estimate of drug-likeness (QED) is 0.395. The zero-order valence-electron chi connectivity index (χ0n) is 26.8. The summed E-state index contributed by atoms with van der Waals surface area (Å²) in [6, 6.07) is 12.4. The molecule has 10 heteroatoms. The fourth-order valence-electron chi connectivity index (χ4n) is 6.50. The molecule has 2 aromatic rings. The van der Waals surface area contributed by atoms with Crippen LogP contribution < -0.4 is 20.7 Å². The van der Waals surface area contributed by atoms with Gasteiger partial charge in [-0.05, 0) is 81.5 Å². The molecule has 4 unspecified atom stereocenters. The lowest BCUT2D eigenvalue weighted by Gasteiger charge is -2.37. The average molecular weight is 641 g/mol. The number of ether oxygens (including phenoxy) is 1. The smallest absolute Gasteiger partial charge is 0.245 e. The van der Waals surface area contributed by atoms with E-state index in [4.69, 9.17) is 16.3 Å². The van der Waals surface area contributed by atoms with Crippen molar-refractivity contribution >= 4 is 29.3 Å². The van der Waals surface area contributed by atoms with Crippen LogP contribution in [0.25, 0.3) is 0 Å². The Labute approximate surface area is 272 Å². The molecule has 3 aliphatic rings. The Balaban J connectivity index is 0.000000501. The number of nitrogens with one attached hydrogen (secondary N) is 3. The molecule has 2 aliphatic heterocycles. The number of aliphatic hydroxyl groups is 1. The van der Waals surface area contributed by atoms with Crippen LogP contribution >= 0.6 is 11.6 Å². The normalized spacial score (nSPS) is 24.5. The van der Waals surface area contributed by atoms with E-state index >= 15 is 0 Å². The number of benzene rings is 2. The Morgan fingerprint density at radius 1 is 0.933 bits per heavy atom. The molecule has 9 nitrogen and oxygen atoms in total. The van der Waals surface area contributed by atoms with Gasteiger partial charge < -0.3 is 30.7 Å². The molecule has 0 saturated heterocycles. The van der Waals surface area contributed by atoms with Gasteiger partial charge in [0.2, 0.25) is 17.7 Å². The Hall–Kier alpha value is -3.14. The second-order valence-electron chi connectivity index (χ2n) is 12.6. The van der Waals surface area contributed by atoms with Crippen molar-refractivity contribution in [1.29, 1.82) is 0 Å². The third kappa shape index (κ3) is 9.92. The number of likely N-dealkylation sites (N-methyl/N-ethyl adjacent to an activating group) is 1. The number of fused-ring (bicyclic) bond motifs is 1. The number of aliphatic hydroxyl groups excluding tert-OH is 1. The molecule has 0 aromatic heterocycles. The highest BCUT2D eigenvalue weighted by molar-refractivity contribution is 6.30. The first-order valence-corrected chi connectivity index (χ1v) is 16.7. The van der Waals surface area contributed by atoms with Crippen LogP contribution in [-0.2, 0) is 27.2 Å². The monoisotopic (exact) mass is 640 g/mol. The molecule has 2 bridgehead atoms. The van der Waals surface area contributed by atoms with Crippen LogP contribution in [0.15, 0.2) is 42.5 Å². The van der Waals surface area contributed by atoms with Crippen LogP contribution in [0.2, 0.25) is 5.02 Å². The minimum Gasteiger partial charge on any atom is -0.489 e. The lowest BCUT2D eigenvalue weighted by atomic mass is 9.83. The number of rotatable bonds is 2. The van der Waals surface area contributed by atoms with E-state index in [9.17, 15) is 19.5 Å². The van der Waals surface area contributed by atoms with E-state index in [0.717, 1.165) is 67.7 Å². The summed E-state index contributed by atoms with van der Waals surface area (Å²) in [5, 5.41) is 20.2. The highest BCUT2D eigenvalue weighted by Gasteiger charge is 2.38. The molecule has 4 atom stereocenters. The fourth-order valence-corrected chi connectivity index (χ4v) is 6.63. The van der Waals surface area contributed by atoms with Crippen molar-refractivity contribution in [1.82, 2.24) is 20.9 Å². The first-order chi connectivity index (χ1) is 21.6. The van der Waals surface area contributed by atoms with Gasteiger partial charge in [0.25, 0.3) is 0 Å². The third-order valence-corrected chi connectivity index (χ3v) is 9.27. The summed E-state index contributed by atoms with van der Waals surface area (Å²) in [5.41, 5.74) is 3.58. The van der Waals surface area contributed by atoms with Crippen molar-refractivity contribution in [2.75, 3.05) is 26.7 Å². The number of nitrogens with zero attached hydrogens (tertiary/aromatic N) is 1. The number of aryl methyl sites for hydroxylation is 3. The predicted molar refractivity (Wildman–Crippen MR) is 176 cm³/mol. The summed E-state index contributed by atoms with van der Waals surface area (Å²) in [5.74, 6) is 0.0363. The van der Waals surface area contributed by atoms with Gasteiger partial charge in [-0.15, -0.1) is 0 Å². The van der Waals surface area contributed by atoms with Crippen LogP contribution in [0, 0.1) is 12.8 Å². The molecule has 246 valence electrons. The van der Waals surface area contributed by atoms with Gasteiger partial charge in [0.05, 0.1) is 18.7 Å². The predicted octanol–water partition coefficient (Wildman–Crippen LogP) is 3.95. The third-order valence-electron chi connectivity index (χ3n) is 9.02. The maximum atomic E-state index is 13.8. The van der Waals surface area contributed by atoms with Crippen molar-refractivity contribution in [2.45, 2.75) is 95.9 Å². The molecule has 1 aliphatic carbocycles. The minimum absolute atomic E-state index is 0.0627. The molecule has 2 aromatic carbocycles. The second-order valence-corrected chi connectivity index (χ2v) is 13.0. The lowest BCUT2D eigenvalue weighted by Crippen LogP contribution is -2.60. The Bertz CT molecular complexity index is 1260. The molecule has 45 heavy (non-hydrogen) atoms. The zero-order chi connectivity index (χ0) is 32.3. The average Bonchev–Trinajstić information content (AvgIpc) is 3.03. The molecule has 4 N–H and O–H groups in total. The number of para-hydroxylation sites is 1. The highest BCUT2D eigenvalue weighted by Crippen LogP contribution is 2.33. The molecule has 0 radical (unpaired) electrons. The number of halogens is 1. The Kier molecular flexibility index (Phi) is 13.1. The molecule has 1 saturated carbocycles. The highest BCUT2D eigenvalue weighted by atomic mass is 35.5. The maximum absolute atomic E-state index is 13.8. The first kappa shape index (κ1) is 34.7. The fraction of sp³-hybridized carbons (Fsp3) is 0.571. The summed E-state index contributed by atoms with van der Waals surface area (Å²) in [7, 11) is 1.56. The molecule has 3 amide bonds. The van der Waals surface area contributed by atoms with E-state index in [2.05, 4.69) is 34.1 Å². The number of carbonyl (C=O) groups is 3. The van der Waals surface area contributed by atoms with Crippen molar-refractivity contribution in [3.05, 3.63) is 64.2 Å². The van der Waals surface area contributed by atoms with Gasteiger partial charge in [0, 0.05) is 25.2 Å². The van der Waals surface area contributed by atoms with E-state index in [1.165, 1.54) is 29.4 Å². The van der Waals surface area contributed by atoms with E-state index in [0.29, 0.717) is 13.1 Å². The van der Waals surface area contributed by atoms with Crippen LogP contribution in [0.5, 0.6) is 5.75 Å². The van der Waals surface area contributed by atoms with Crippen LogP contribution in [0.3, 0.4) is 0 Å². The molecule has 5 rings (SSSR count).